The van der Waals surface area contributed by atoms with Gasteiger partial charge in [0.2, 0.25) is 5.75 Å². The number of ether oxygens (including phenoxy) is 4. The SMILES string of the molecule is COc1cc2c(c(OC)c1OC)C(CBr)OCC(C)C2. The van der Waals surface area contributed by atoms with E-state index in [0.29, 0.717) is 23.2 Å². The lowest BCUT2D eigenvalue weighted by Gasteiger charge is -2.22. The van der Waals surface area contributed by atoms with Crippen LogP contribution in [0.5, 0.6) is 17.2 Å². The molecule has 0 amide bonds. The molecule has 1 aromatic rings. The van der Waals surface area contributed by atoms with E-state index in [-0.39, 0.29) is 6.10 Å². The van der Waals surface area contributed by atoms with Crippen LogP contribution in [0.1, 0.15) is 24.2 Å². The van der Waals surface area contributed by atoms with Crippen LogP contribution in [0.2, 0.25) is 0 Å². The topological polar surface area (TPSA) is 36.9 Å². The Morgan fingerprint density at radius 2 is 1.90 bits per heavy atom. The van der Waals surface area contributed by atoms with Crippen LogP contribution >= 0.6 is 15.9 Å². The average Bonchev–Trinajstić information content (AvgIpc) is 2.62. The molecule has 0 fully saturated rings. The summed E-state index contributed by atoms with van der Waals surface area (Å²) in [5.74, 6) is 2.49. The van der Waals surface area contributed by atoms with Crippen LogP contribution in [-0.2, 0) is 11.2 Å². The van der Waals surface area contributed by atoms with E-state index in [4.69, 9.17) is 18.9 Å². The van der Waals surface area contributed by atoms with Crippen LogP contribution in [-0.4, -0.2) is 33.3 Å². The van der Waals surface area contributed by atoms with E-state index in [1.54, 1.807) is 21.3 Å². The Kier molecular flexibility index (Phi) is 5.16. The van der Waals surface area contributed by atoms with Gasteiger partial charge >= 0.3 is 0 Å². The first-order valence-corrected chi connectivity index (χ1v) is 7.77. The minimum atomic E-state index is -0.0373. The quantitative estimate of drug-likeness (QED) is 0.785. The summed E-state index contributed by atoms with van der Waals surface area (Å²) in [4.78, 5) is 0. The van der Waals surface area contributed by atoms with Crippen LogP contribution in [0.4, 0.5) is 0 Å². The van der Waals surface area contributed by atoms with E-state index in [9.17, 15) is 0 Å². The Labute approximate surface area is 128 Å². The van der Waals surface area contributed by atoms with Crippen molar-refractivity contribution in [3.05, 3.63) is 17.2 Å². The molecule has 2 rings (SSSR count). The van der Waals surface area contributed by atoms with Gasteiger partial charge in [-0.1, -0.05) is 22.9 Å². The molecule has 0 bridgehead atoms. The summed E-state index contributed by atoms with van der Waals surface area (Å²) in [7, 11) is 4.91. The third-order valence-corrected chi connectivity index (χ3v) is 4.15. The zero-order chi connectivity index (χ0) is 14.7. The van der Waals surface area contributed by atoms with Gasteiger partial charge in [-0.15, -0.1) is 0 Å². The van der Waals surface area contributed by atoms with Gasteiger partial charge in [-0.3, -0.25) is 0 Å². The molecule has 0 N–H and O–H groups in total. The van der Waals surface area contributed by atoms with Crippen molar-refractivity contribution >= 4 is 15.9 Å². The van der Waals surface area contributed by atoms with Gasteiger partial charge in [0.25, 0.3) is 0 Å². The molecule has 20 heavy (non-hydrogen) atoms. The summed E-state index contributed by atoms with van der Waals surface area (Å²) in [5.41, 5.74) is 2.26. The number of rotatable bonds is 4. The molecule has 4 nitrogen and oxygen atoms in total. The summed E-state index contributed by atoms with van der Waals surface area (Å²) in [6.07, 6.45) is 0.903. The molecule has 0 saturated carbocycles. The van der Waals surface area contributed by atoms with E-state index in [1.807, 2.05) is 6.07 Å². The monoisotopic (exact) mass is 344 g/mol. The normalized spacial score (nSPS) is 21.9. The van der Waals surface area contributed by atoms with Gasteiger partial charge in [-0.25, -0.2) is 0 Å². The molecule has 2 atom stereocenters. The van der Waals surface area contributed by atoms with Crippen molar-refractivity contribution in [2.75, 3.05) is 33.3 Å². The molecule has 0 spiro atoms. The molecule has 112 valence electrons. The van der Waals surface area contributed by atoms with Crippen molar-refractivity contribution < 1.29 is 18.9 Å². The van der Waals surface area contributed by atoms with Crippen molar-refractivity contribution in [1.29, 1.82) is 0 Å². The molecule has 0 saturated heterocycles. The lowest BCUT2D eigenvalue weighted by molar-refractivity contribution is 0.0529. The number of methoxy groups -OCH3 is 3. The number of benzene rings is 1. The second-order valence-corrected chi connectivity index (χ2v) is 5.65. The standard InChI is InChI=1S/C15H21BrO4/c1-9-5-10-6-11(17-2)14(18-3)15(19-4)13(10)12(7-16)20-8-9/h6,9,12H,5,7-8H2,1-4H3. The van der Waals surface area contributed by atoms with Crippen LogP contribution in [0.25, 0.3) is 0 Å². The first-order chi connectivity index (χ1) is 9.65. The van der Waals surface area contributed by atoms with E-state index in [0.717, 1.165) is 23.9 Å². The highest BCUT2D eigenvalue weighted by Gasteiger charge is 2.29. The van der Waals surface area contributed by atoms with Crippen molar-refractivity contribution in [2.24, 2.45) is 5.92 Å². The fraction of sp³-hybridized carbons (Fsp3) is 0.600. The van der Waals surface area contributed by atoms with Crippen molar-refractivity contribution in [1.82, 2.24) is 0 Å². The van der Waals surface area contributed by atoms with Gasteiger partial charge in [0.1, 0.15) is 0 Å². The number of hydrogen-bond acceptors (Lipinski definition) is 4. The highest BCUT2D eigenvalue weighted by Crippen LogP contribution is 2.47. The Hall–Kier alpha value is -0.940. The average molecular weight is 345 g/mol. The first kappa shape index (κ1) is 15.4. The fourth-order valence-corrected chi connectivity index (χ4v) is 3.18. The predicted octanol–water partition coefficient (Wildman–Crippen LogP) is 3.36. The van der Waals surface area contributed by atoms with Gasteiger partial charge in [-0.05, 0) is 24.0 Å². The maximum Gasteiger partial charge on any atom is 0.203 e. The Balaban J connectivity index is 2.66. The summed E-state index contributed by atoms with van der Waals surface area (Å²) in [6.45, 7) is 2.92. The van der Waals surface area contributed by atoms with Gasteiger partial charge in [0.15, 0.2) is 11.5 Å². The second kappa shape index (κ2) is 6.68. The van der Waals surface area contributed by atoms with Crippen molar-refractivity contribution in [3.63, 3.8) is 0 Å². The van der Waals surface area contributed by atoms with Crippen molar-refractivity contribution in [3.8, 4) is 17.2 Å². The highest BCUT2D eigenvalue weighted by atomic mass is 79.9. The van der Waals surface area contributed by atoms with Gasteiger partial charge in [0, 0.05) is 10.9 Å². The van der Waals surface area contributed by atoms with Crippen LogP contribution in [0, 0.1) is 5.92 Å². The smallest absolute Gasteiger partial charge is 0.203 e. The lowest BCUT2D eigenvalue weighted by Crippen LogP contribution is -2.10. The van der Waals surface area contributed by atoms with Crippen LogP contribution < -0.4 is 14.2 Å². The van der Waals surface area contributed by atoms with Gasteiger partial charge < -0.3 is 18.9 Å². The van der Waals surface area contributed by atoms with Gasteiger partial charge in [-0.2, -0.15) is 0 Å². The molecule has 2 unspecified atom stereocenters. The second-order valence-electron chi connectivity index (χ2n) is 5.00. The van der Waals surface area contributed by atoms with Crippen LogP contribution in [0.3, 0.4) is 0 Å². The maximum absolute atomic E-state index is 5.98. The zero-order valence-corrected chi connectivity index (χ0v) is 14.0. The molecule has 5 heteroatoms. The maximum atomic E-state index is 5.98. The van der Waals surface area contributed by atoms with E-state index in [2.05, 4.69) is 22.9 Å². The molecule has 1 aliphatic heterocycles. The van der Waals surface area contributed by atoms with E-state index < -0.39 is 0 Å². The third-order valence-electron chi connectivity index (χ3n) is 3.57. The Bertz CT molecular complexity index is 475. The van der Waals surface area contributed by atoms with Gasteiger partial charge in [0.05, 0.1) is 34.0 Å². The fourth-order valence-electron chi connectivity index (χ4n) is 2.67. The lowest BCUT2D eigenvalue weighted by atomic mass is 9.94. The zero-order valence-electron chi connectivity index (χ0n) is 12.4. The van der Waals surface area contributed by atoms with Crippen LogP contribution in [0.15, 0.2) is 6.07 Å². The molecule has 0 aromatic heterocycles. The molecule has 1 aromatic carbocycles. The number of alkyl halides is 1. The molecule has 0 radical (unpaired) electrons. The molecule has 0 aliphatic carbocycles. The molecular formula is C15H21BrO4. The number of hydrogen-bond donors (Lipinski definition) is 0. The minimum absolute atomic E-state index is 0.0373. The summed E-state index contributed by atoms with van der Waals surface area (Å²) in [6, 6.07) is 2.04. The largest absolute Gasteiger partial charge is 0.493 e. The molecular weight excluding hydrogens is 324 g/mol. The number of halogens is 1. The number of fused-ring (bicyclic) bond motifs is 1. The minimum Gasteiger partial charge on any atom is -0.493 e. The molecule has 1 heterocycles. The Morgan fingerprint density at radius 3 is 2.45 bits per heavy atom. The molecule has 1 aliphatic rings. The van der Waals surface area contributed by atoms with E-state index >= 15 is 0 Å². The Morgan fingerprint density at radius 1 is 1.20 bits per heavy atom. The van der Waals surface area contributed by atoms with Crippen molar-refractivity contribution in [2.45, 2.75) is 19.4 Å². The summed E-state index contributed by atoms with van der Waals surface area (Å²) >= 11 is 3.53. The third kappa shape index (κ3) is 2.74. The predicted molar refractivity (Wildman–Crippen MR) is 81.5 cm³/mol. The summed E-state index contributed by atoms with van der Waals surface area (Å²) < 4.78 is 22.5. The van der Waals surface area contributed by atoms with E-state index in [1.165, 1.54) is 5.56 Å². The first-order valence-electron chi connectivity index (χ1n) is 6.65. The highest BCUT2D eigenvalue weighted by molar-refractivity contribution is 9.09. The summed E-state index contributed by atoms with van der Waals surface area (Å²) in [5, 5.41) is 0.721.